The molecule has 1 heterocycles. The summed E-state index contributed by atoms with van der Waals surface area (Å²) in [7, 11) is 4.35. The van der Waals surface area contributed by atoms with Crippen molar-refractivity contribution >= 4 is 17.8 Å². The second kappa shape index (κ2) is 9.07. The summed E-state index contributed by atoms with van der Waals surface area (Å²) in [5.41, 5.74) is 0.508. The smallest absolute Gasteiger partial charge is 0.306 e. The molecule has 0 aromatic heterocycles. The maximum Gasteiger partial charge on any atom is 0.306 e. The highest BCUT2D eigenvalue weighted by atomic mass is 16.5. The molecular formula is C18H24N2O6. The second-order valence-corrected chi connectivity index (χ2v) is 5.82. The summed E-state index contributed by atoms with van der Waals surface area (Å²) in [6.07, 6.45) is 0.191. The number of ether oxygens (including phenoxy) is 3. The zero-order valence-corrected chi connectivity index (χ0v) is 15.3. The van der Waals surface area contributed by atoms with E-state index >= 15 is 0 Å². The fourth-order valence-electron chi connectivity index (χ4n) is 2.78. The molecule has 1 fully saturated rings. The Kier molecular flexibility index (Phi) is 6.82. The fourth-order valence-corrected chi connectivity index (χ4v) is 2.78. The van der Waals surface area contributed by atoms with Gasteiger partial charge in [-0.05, 0) is 18.2 Å². The van der Waals surface area contributed by atoms with Crippen molar-refractivity contribution in [1.82, 2.24) is 9.80 Å². The van der Waals surface area contributed by atoms with Crippen LogP contribution in [-0.4, -0.2) is 75.1 Å². The number of methoxy groups -OCH3 is 3. The Bertz CT molecular complexity index is 668. The number of carbonyl (C=O) groups excluding carboxylic acids is 3. The molecular weight excluding hydrogens is 340 g/mol. The molecule has 0 spiro atoms. The van der Waals surface area contributed by atoms with Gasteiger partial charge in [0, 0.05) is 38.2 Å². The van der Waals surface area contributed by atoms with E-state index in [1.54, 1.807) is 28.0 Å². The molecule has 2 rings (SSSR count). The molecule has 1 aromatic carbocycles. The van der Waals surface area contributed by atoms with Crippen LogP contribution < -0.4 is 9.47 Å². The summed E-state index contributed by atoms with van der Waals surface area (Å²) in [4.78, 5) is 39.3. The predicted octanol–water partition coefficient (Wildman–Crippen LogP) is 0.941. The Morgan fingerprint density at radius 3 is 2.08 bits per heavy atom. The van der Waals surface area contributed by atoms with E-state index in [0.717, 1.165) is 0 Å². The van der Waals surface area contributed by atoms with Crippen LogP contribution in [0.25, 0.3) is 0 Å². The summed E-state index contributed by atoms with van der Waals surface area (Å²) in [5.74, 6) is 0.432. The molecule has 0 aliphatic carbocycles. The monoisotopic (exact) mass is 364 g/mol. The van der Waals surface area contributed by atoms with Crippen molar-refractivity contribution in [3.05, 3.63) is 23.8 Å². The van der Waals surface area contributed by atoms with Crippen molar-refractivity contribution < 1.29 is 28.6 Å². The fraction of sp³-hybridized carbons (Fsp3) is 0.500. The van der Waals surface area contributed by atoms with Gasteiger partial charge in [0.1, 0.15) is 0 Å². The second-order valence-electron chi connectivity index (χ2n) is 5.82. The molecule has 8 heteroatoms. The number of esters is 1. The highest BCUT2D eigenvalue weighted by Crippen LogP contribution is 2.28. The molecule has 0 atom stereocenters. The predicted molar refractivity (Wildman–Crippen MR) is 93.3 cm³/mol. The van der Waals surface area contributed by atoms with Gasteiger partial charge in [0.05, 0.1) is 27.8 Å². The third kappa shape index (κ3) is 4.65. The van der Waals surface area contributed by atoms with E-state index in [1.807, 2.05) is 0 Å². The molecule has 0 unspecified atom stereocenters. The SMILES string of the molecule is COC(=O)CCC(=O)N1CCN(C(=O)c2ccc(OC)c(OC)c2)CC1. The van der Waals surface area contributed by atoms with Crippen LogP contribution in [0.4, 0.5) is 0 Å². The van der Waals surface area contributed by atoms with Crippen LogP contribution in [0.5, 0.6) is 11.5 Å². The third-order valence-electron chi connectivity index (χ3n) is 4.32. The van der Waals surface area contributed by atoms with Gasteiger partial charge in [-0.3, -0.25) is 14.4 Å². The quantitative estimate of drug-likeness (QED) is 0.699. The first-order valence-electron chi connectivity index (χ1n) is 8.36. The number of piperazine rings is 1. The lowest BCUT2D eigenvalue weighted by Gasteiger charge is -2.35. The molecule has 1 saturated heterocycles. The van der Waals surface area contributed by atoms with Crippen LogP contribution in [-0.2, 0) is 14.3 Å². The van der Waals surface area contributed by atoms with Gasteiger partial charge in [0.2, 0.25) is 5.91 Å². The van der Waals surface area contributed by atoms with Gasteiger partial charge < -0.3 is 24.0 Å². The lowest BCUT2D eigenvalue weighted by molar-refractivity contribution is -0.143. The number of nitrogens with zero attached hydrogens (tertiary/aromatic N) is 2. The molecule has 1 aliphatic rings. The zero-order valence-electron chi connectivity index (χ0n) is 15.3. The maximum absolute atomic E-state index is 12.7. The molecule has 26 heavy (non-hydrogen) atoms. The standard InChI is InChI=1S/C18H24N2O6/c1-24-14-5-4-13(12-15(14)25-2)18(23)20-10-8-19(9-11-20)16(21)6-7-17(22)26-3/h4-5,12H,6-11H2,1-3H3. The molecule has 1 aromatic rings. The maximum atomic E-state index is 12.7. The van der Waals surface area contributed by atoms with Crippen LogP contribution in [0.2, 0.25) is 0 Å². The summed E-state index contributed by atoms with van der Waals surface area (Å²) < 4.78 is 14.9. The van der Waals surface area contributed by atoms with E-state index in [-0.39, 0.29) is 24.7 Å². The van der Waals surface area contributed by atoms with Crippen molar-refractivity contribution in [3.63, 3.8) is 0 Å². The lowest BCUT2D eigenvalue weighted by Crippen LogP contribution is -2.50. The highest BCUT2D eigenvalue weighted by Gasteiger charge is 2.25. The Morgan fingerprint density at radius 2 is 1.50 bits per heavy atom. The number of carbonyl (C=O) groups is 3. The van der Waals surface area contributed by atoms with Gasteiger partial charge in [-0.25, -0.2) is 0 Å². The van der Waals surface area contributed by atoms with Crippen molar-refractivity contribution in [2.24, 2.45) is 0 Å². The van der Waals surface area contributed by atoms with Crippen LogP contribution in [0.15, 0.2) is 18.2 Å². The first-order valence-corrected chi connectivity index (χ1v) is 8.36. The number of hydrogen-bond donors (Lipinski definition) is 0. The van der Waals surface area contributed by atoms with E-state index < -0.39 is 5.97 Å². The number of amides is 2. The normalized spacial score (nSPS) is 14.0. The molecule has 142 valence electrons. The van der Waals surface area contributed by atoms with E-state index in [0.29, 0.717) is 43.2 Å². The molecule has 0 bridgehead atoms. The highest BCUT2D eigenvalue weighted by molar-refractivity contribution is 5.95. The van der Waals surface area contributed by atoms with E-state index in [4.69, 9.17) is 9.47 Å². The van der Waals surface area contributed by atoms with Gasteiger partial charge in [-0.2, -0.15) is 0 Å². The van der Waals surface area contributed by atoms with Crippen LogP contribution in [0, 0.1) is 0 Å². The van der Waals surface area contributed by atoms with E-state index in [9.17, 15) is 14.4 Å². The van der Waals surface area contributed by atoms with Crippen LogP contribution in [0.1, 0.15) is 23.2 Å². The van der Waals surface area contributed by atoms with Gasteiger partial charge in [-0.15, -0.1) is 0 Å². The van der Waals surface area contributed by atoms with Crippen molar-refractivity contribution in [2.75, 3.05) is 47.5 Å². The largest absolute Gasteiger partial charge is 0.493 e. The van der Waals surface area contributed by atoms with Crippen molar-refractivity contribution in [1.29, 1.82) is 0 Å². The van der Waals surface area contributed by atoms with Gasteiger partial charge in [0.15, 0.2) is 11.5 Å². The average molecular weight is 364 g/mol. The topological polar surface area (TPSA) is 85.4 Å². The minimum atomic E-state index is -0.402. The Morgan fingerprint density at radius 1 is 0.885 bits per heavy atom. The van der Waals surface area contributed by atoms with E-state index in [2.05, 4.69) is 4.74 Å². The molecule has 1 aliphatic heterocycles. The lowest BCUT2D eigenvalue weighted by atomic mass is 10.1. The van der Waals surface area contributed by atoms with Crippen LogP contribution >= 0.6 is 0 Å². The molecule has 0 radical (unpaired) electrons. The number of hydrogen-bond acceptors (Lipinski definition) is 6. The minimum absolute atomic E-state index is 0.0696. The molecule has 0 saturated carbocycles. The zero-order chi connectivity index (χ0) is 19.1. The summed E-state index contributed by atoms with van der Waals surface area (Å²) in [6, 6.07) is 5.03. The summed E-state index contributed by atoms with van der Waals surface area (Å²) in [6.45, 7) is 1.77. The first-order chi connectivity index (χ1) is 12.5. The van der Waals surface area contributed by atoms with Gasteiger partial charge in [-0.1, -0.05) is 0 Å². The average Bonchev–Trinajstić information content (AvgIpc) is 2.70. The van der Waals surface area contributed by atoms with Crippen molar-refractivity contribution in [3.8, 4) is 11.5 Å². The summed E-state index contributed by atoms with van der Waals surface area (Å²) >= 11 is 0. The van der Waals surface area contributed by atoms with Crippen LogP contribution in [0.3, 0.4) is 0 Å². The Balaban J connectivity index is 1.92. The first kappa shape index (κ1) is 19.6. The van der Waals surface area contributed by atoms with E-state index in [1.165, 1.54) is 21.3 Å². The van der Waals surface area contributed by atoms with Gasteiger partial charge in [0.25, 0.3) is 5.91 Å². The molecule has 2 amide bonds. The number of rotatable bonds is 6. The third-order valence-corrected chi connectivity index (χ3v) is 4.32. The minimum Gasteiger partial charge on any atom is -0.493 e. The van der Waals surface area contributed by atoms with Crippen molar-refractivity contribution in [2.45, 2.75) is 12.8 Å². The summed E-state index contributed by atoms with van der Waals surface area (Å²) in [5, 5.41) is 0. The van der Waals surface area contributed by atoms with Gasteiger partial charge >= 0.3 is 5.97 Å². The molecule has 8 nitrogen and oxygen atoms in total. The molecule has 0 N–H and O–H groups in total. The Labute approximate surface area is 152 Å². The number of benzene rings is 1. The Hall–Kier alpha value is -2.77.